The van der Waals surface area contributed by atoms with Gasteiger partial charge in [-0.3, -0.25) is 4.68 Å². The molecule has 0 amide bonds. The average Bonchev–Trinajstić information content (AvgIpc) is 2.60. The van der Waals surface area contributed by atoms with Crippen molar-refractivity contribution in [2.24, 2.45) is 0 Å². The summed E-state index contributed by atoms with van der Waals surface area (Å²) >= 11 is 3.29. The van der Waals surface area contributed by atoms with Crippen LogP contribution in [0, 0.1) is 0 Å². The maximum Gasteiger partial charge on any atom is 0.419 e. The third-order valence-corrected chi connectivity index (χ3v) is 2.54. The van der Waals surface area contributed by atoms with Gasteiger partial charge in [-0.1, -0.05) is 22.4 Å². The SMILES string of the molecule is FC(F)(F)c1cnn(CCCCCBr)c1. The first kappa shape index (κ1) is 12.5. The number of aromatic nitrogens is 2. The van der Waals surface area contributed by atoms with Crippen molar-refractivity contribution < 1.29 is 13.2 Å². The lowest BCUT2D eigenvalue weighted by Crippen LogP contribution is -2.03. The molecule has 1 rings (SSSR count). The number of unbranched alkanes of at least 4 members (excludes halogenated alkanes) is 2. The van der Waals surface area contributed by atoms with Crippen molar-refractivity contribution in [3.63, 3.8) is 0 Å². The first-order valence-corrected chi connectivity index (χ1v) is 5.82. The van der Waals surface area contributed by atoms with Crippen LogP contribution in [0.5, 0.6) is 0 Å². The van der Waals surface area contributed by atoms with E-state index >= 15 is 0 Å². The number of halogens is 4. The predicted octanol–water partition coefficient (Wildman–Crippen LogP) is 3.47. The fourth-order valence-electron chi connectivity index (χ4n) is 1.18. The molecule has 1 aromatic rings. The van der Waals surface area contributed by atoms with Gasteiger partial charge in [0.15, 0.2) is 0 Å². The van der Waals surface area contributed by atoms with Crippen LogP contribution >= 0.6 is 15.9 Å². The van der Waals surface area contributed by atoms with E-state index in [4.69, 9.17) is 0 Å². The molecule has 6 heteroatoms. The second-order valence-electron chi connectivity index (χ2n) is 3.24. The first-order valence-electron chi connectivity index (χ1n) is 4.69. The van der Waals surface area contributed by atoms with Crippen LogP contribution in [-0.2, 0) is 12.7 Å². The molecule has 0 saturated heterocycles. The molecule has 0 aliphatic heterocycles. The van der Waals surface area contributed by atoms with Gasteiger partial charge in [-0.2, -0.15) is 18.3 Å². The Morgan fingerprint density at radius 1 is 1.27 bits per heavy atom. The quantitative estimate of drug-likeness (QED) is 0.598. The van der Waals surface area contributed by atoms with Crippen molar-refractivity contribution >= 4 is 15.9 Å². The van der Waals surface area contributed by atoms with Crippen LogP contribution in [0.3, 0.4) is 0 Å². The van der Waals surface area contributed by atoms with Gasteiger partial charge in [0.25, 0.3) is 0 Å². The summed E-state index contributed by atoms with van der Waals surface area (Å²) < 4.78 is 37.9. The minimum Gasteiger partial charge on any atom is -0.272 e. The molecule has 0 spiro atoms. The van der Waals surface area contributed by atoms with Gasteiger partial charge in [0.05, 0.1) is 11.8 Å². The molecule has 0 radical (unpaired) electrons. The molecule has 15 heavy (non-hydrogen) atoms. The highest BCUT2D eigenvalue weighted by molar-refractivity contribution is 9.09. The van der Waals surface area contributed by atoms with Crippen molar-refractivity contribution in [1.82, 2.24) is 9.78 Å². The Labute approximate surface area is 94.6 Å². The second-order valence-corrected chi connectivity index (χ2v) is 4.03. The Morgan fingerprint density at radius 2 is 2.00 bits per heavy atom. The fourth-order valence-corrected chi connectivity index (χ4v) is 1.57. The highest BCUT2D eigenvalue weighted by atomic mass is 79.9. The highest BCUT2D eigenvalue weighted by Gasteiger charge is 2.31. The van der Waals surface area contributed by atoms with Crippen LogP contribution < -0.4 is 0 Å². The molecule has 0 unspecified atom stereocenters. The van der Waals surface area contributed by atoms with Gasteiger partial charge >= 0.3 is 6.18 Å². The molecule has 0 saturated carbocycles. The molecule has 1 heterocycles. The summed E-state index contributed by atoms with van der Waals surface area (Å²) in [5.74, 6) is 0. The Morgan fingerprint density at radius 3 is 2.53 bits per heavy atom. The summed E-state index contributed by atoms with van der Waals surface area (Å²) in [6.45, 7) is 0.545. The normalized spacial score (nSPS) is 12.0. The van der Waals surface area contributed by atoms with Gasteiger partial charge in [0.1, 0.15) is 0 Å². The zero-order chi connectivity index (χ0) is 11.3. The van der Waals surface area contributed by atoms with Crippen LogP contribution in [-0.4, -0.2) is 15.1 Å². The zero-order valence-electron chi connectivity index (χ0n) is 8.10. The molecule has 0 fully saturated rings. The van der Waals surface area contributed by atoms with E-state index in [9.17, 15) is 13.2 Å². The average molecular weight is 285 g/mol. The van der Waals surface area contributed by atoms with Gasteiger partial charge in [0.2, 0.25) is 0 Å². The maximum absolute atomic E-state index is 12.2. The Hall–Kier alpha value is -0.520. The summed E-state index contributed by atoms with van der Waals surface area (Å²) in [6.07, 6.45) is 0.511. The molecule has 86 valence electrons. The molecular formula is C9H12BrF3N2. The highest BCUT2D eigenvalue weighted by Crippen LogP contribution is 2.28. The van der Waals surface area contributed by atoms with Gasteiger partial charge in [-0.25, -0.2) is 0 Å². The van der Waals surface area contributed by atoms with E-state index in [1.807, 2.05) is 0 Å². The largest absolute Gasteiger partial charge is 0.419 e. The lowest BCUT2D eigenvalue weighted by molar-refractivity contribution is -0.137. The maximum atomic E-state index is 12.2. The van der Waals surface area contributed by atoms with Crippen molar-refractivity contribution in [1.29, 1.82) is 0 Å². The third kappa shape index (κ3) is 4.24. The Kier molecular flexibility index (Phi) is 4.63. The fraction of sp³-hybridized carbons (Fsp3) is 0.667. The Bertz CT molecular complexity index is 296. The van der Waals surface area contributed by atoms with E-state index in [1.54, 1.807) is 0 Å². The monoisotopic (exact) mass is 284 g/mol. The minimum absolute atomic E-state index is 0.545. The molecule has 0 bridgehead atoms. The molecule has 0 aromatic carbocycles. The van der Waals surface area contributed by atoms with E-state index in [-0.39, 0.29) is 0 Å². The van der Waals surface area contributed by atoms with Crippen LogP contribution in [0.25, 0.3) is 0 Å². The number of hydrogen-bond donors (Lipinski definition) is 0. The summed E-state index contributed by atoms with van der Waals surface area (Å²) in [4.78, 5) is 0. The Balaban J connectivity index is 2.40. The van der Waals surface area contributed by atoms with Crippen LogP contribution in [0.15, 0.2) is 12.4 Å². The van der Waals surface area contributed by atoms with E-state index < -0.39 is 11.7 Å². The number of hydrogen-bond acceptors (Lipinski definition) is 1. The lowest BCUT2D eigenvalue weighted by Gasteiger charge is -2.02. The molecule has 0 atom stereocenters. The molecule has 1 aromatic heterocycles. The van der Waals surface area contributed by atoms with Crippen LogP contribution in [0.4, 0.5) is 13.2 Å². The molecule has 2 nitrogen and oxygen atoms in total. The van der Waals surface area contributed by atoms with Gasteiger partial charge < -0.3 is 0 Å². The molecule has 0 N–H and O–H groups in total. The van der Waals surface area contributed by atoms with Crippen molar-refractivity contribution in [3.05, 3.63) is 18.0 Å². The lowest BCUT2D eigenvalue weighted by atomic mass is 10.2. The number of alkyl halides is 4. The second kappa shape index (κ2) is 5.53. The van der Waals surface area contributed by atoms with Crippen molar-refractivity contribution in [2.45, 2.75) is 32.0 Å². The van der Waals surface area contributed by atoms with E-state index in [1.165, 1.54) is 4.68 Å². The summed E-state index contributed by atoms with van der Waals surface area (Å²) in [5.41, 5.74) is -0.678. The number of rotatable bonds is 5. The van der Waals surface area contributed by atoms with E-state index in [2.05, 4.69) is 21.0 Å². The van der Waals surface area contributed by atoms with Crippen LogP contribution in [0.1, 0.15) is 24.8 Å². The zero-order valence-corrected chi connectivity index (χ0v) is 9.68. The summed E-state index contributed by atoms with van der Waals surface area (Å²) in [7, 11) is 0. The van der Waals surface area contributed by atoms with E-state index in [0.717, 1.165) is 37.0 Å². The molecular weight excluding hydrogens is 273 g/mol. The van der Waals surface area contributed by atoms with E-state index in [0.29, 0.717) is 6.54 Å². The van der Waals surface area contributed by atoms with Crippen LogP contribution in [0.2, 0.25) is 0 Å². The predicted molar refractivity (Wildman–Crippen MR) is 54.9 cm³/mol. The number of nitrogens with zero attached hydrogens (tertiary/aromatic N) is 2. The summed E-state index contributed by atoms with van der Waals surface area (Å²) in [6, 6.07) is 0. The van der Waals surface area contributed by atoms with Gasteiger partial charge in [0, 0.05) is 18.1 Å². The minimum atomic E-state index is -4.28. The topological polar surface area (TPSA) is 17.8 Å². The standard InChI is InChI=1S/C9H12BrF3N2/c10-4-2-1-3-5-15-7-8(6-14-15)9(11,12)13/h6-7H,1-5H2. The molecule has 0 aliphatic rings. The first-order chi connectivity index (χ1) is 7.04. The van der Waals surface area contributed by atoms with Crippen molar-refractivity contribution in [2.75, 3.05) is 5.33 Å². The molecule has 0 aliphatic carbocycles. The van der Waals surface area contributed by atoms with Gasteiger partial charge in [-0.05, 0) is 12.8 Å². The van der Waals surface area contributed by atoms with Gasteiger partial charge in [-0.15, -0.1) is 0 Å². The summed E-state index contributed by atoms with van der Waals surface area (Å²) in [5, 5.41) is 4.60. The smallest absolute Gasteiger partial charge is 0.272 e. The number of aryl methyl sites for hydroxylation is 1. The van der Waals surface area contributed by atoms with Crippen molar-refractivity contribution in [3.8, 4) is 0 Å². The third-order valence-electron chi connectivity index (χ3n) is 1.98.